The average Bonchev–Trinajstić information content (AvgIpc) is 3.27. The summed E-state index contributed by atoms with van der Waals surface area (Å²) in [6, 6.07) is 22.5. The van der Waals surface area contributed by atoms with E-state index in [9.17, 15) is 0 Å². The molecular weight excluding hydrogens is 360 g/mol. The van der Waals surface area contributed by atoms with Gasteiger partial charge in [-0.3, -0.25) is 4.98 Å². The third kappa shape index (κ3) is 3.69. The first-order valence-electron chi connectivity index (χ1n) is 9.96. The van der Waals surface area contributed by atoms with Gasteiger partial charge >= 0.3 is 0 Å². The van der Waals surface area contributed by atoms with Crippen molar-refractivity contribution >= 4 is 16.7 Å². The number of nitrogens with one attached hydrogen (secondary N) is 1. The summed E-state index contributed by atoms with van der Waals surface area (Å²) in [6.07, 6.45) is 4.71. The molecule has 3 heterocycles. The van der Waals surface area contributed by atoms with Crippen LogP contribution in [0.4, 0.5) is 5.82 Å². The third-order valence-electron chi connectivity index (χ3n) is 5.40. The summed E-state index contributed by atoms with van der Waals surface area (Å²) in [7, 11) is 0. The summed E-state index contributed by atoms with van der Waals surface area (Å²) < 4.78 is 6.04. The van der Waals surface area contributed by atoms with Crippen LogP contribution < -0.4 is 5.32 Å². The van der Waals surface area contributed by atoms with E-state index in [0.717, 1.165) is 41.9 Å². The van der Waals surface area contributed by atoms with Crippen molar-refractivity contribution in [2.24, 2.45) is 5.92 Å². The van der Waals surface area contributed by atoms with Gasteiger partial charge in [0.25, 0.3) is 0 Å². The molecule has 29 heavy (non-hydrogen) atoms. The largest absolute Gasteiger partial charge is 0.373 e. The second-order valence-electron chi connectivity index (χ2n) is 7.29. The molecule has 0 spiro atoms. The summed E-state index contributed by atoms with van der Waals surface area (Å²) in [6.45, 7) is 1.59. The maximum Gasteiger partial charge on any atom is 0.163 e. The van der Waals surface area contributed by atoms with Crippen LogP contribution in [-0.2, 0) is 4.74 Å². The van der Waals surface area contributed by atoms with Gasteiger partial charge < -0.3 is 10.1 Å². The van der Waals surface area contributed by atoms with Crippen molar-refractivity contribution in [3.63, 3.8) is 0 Å². The van der Waals surface area contributed by atoms with Crippen LogP contribution in [0.2, 0.25) is 0 Å². The summed E-state index contributed by atoms with van der Waals surface area (Å²) in [4.78, 5) is 13.8. The molecule has 144 valence electrons. The van der Waals surface area contributed by atoms with Crippen molar-refractivity contribution in [2.75, 3.05) is 18.5 Å². The number of fused-ring (bicyclic) bond motifs is 1. The molecule has 0 saturated carbocycles. The predicted octanol–water partition coefficient (Wildman–Crippen LogP) is 4.88. The Balaban J connectivity index is 1.44. The second kappa shape index (κ2) is 7.97. The fraction of sp³-hybridized carbons (Fsp3) is 0.208. The van der Waals surface area contributed by atoms with Crippen LogP contribution in [0.1, 0.15) is 18.1 Å². The zero-order valence-electron chi connectivity index (χ0n) is 16.0. The van der Waals surface area contributed by atoms with Gasteiger partial charge in [-0.1, -0.05) is 42.5 Å². The SMILES string of the molecule is c1ccc(C2OCCC2CNc2nc(-c3cccnc3)nc3ccccc23)cc1. The number of pyridine rings is 1. The Morgan fingerprint density at radius 2 is 1.79 bits per heavy atom. The normalized spacial score (nSPS) is 18.8. The van der Waals surface area contributed by atoms with E-state index in [2.05, 4.69) is 40.6 Å². The van der Waals surface area contributed by atoms with Gasteiger partial charge in [0.05, 0.1) is 11.6 Å². The molecule has 2 unspecified atom stereocenters. The Bertz CT molecular complexity index is 1100. The van der Waals surface area contributed by atoms with Crippen LogP contribution in [-0.4, -0.2) is 28.1 Å². The van der Waals surface area contributed by atoms with Crippen molar-refractivity contribution < 1.29 is 4.74 Å². The molecule has 1 aliphatic heterocycles. The number of hydrogen-bond donors (Lipinski definition) is 1. The van der Waals surface area contributed by atoms with Crippen LogP contribution in [0.5, 0.6) is 0 Å². The van der Waals surface area contributed by atoms with Crippen LogP contribution >= 0.6 is 0 Å². The lowest BCUT2D eigenvalue weighted by molar-refractivity contribution is 0.0933. The summed E-state index contributed by atoms with van der Waals surface area (Å²) in [5.41, 5.74) is 3.07. The summed E-state index contributed by atoms with van der Waals surface area (Å²) in [5.74, 6) is 1.93. The van der Waals surface area contributed by atoms with E-state index in [4.69, 9.17) is 14.7 Å². The molecule has 0 aliphatic carbocycles. The Labute approximate surface area is 169 Å². The number of benzene rings is 2. The highest BCUT2D eigenvalue weighted by Crippen LogP contribution is 2.35. The first kappa shape index (κ1) is 17.8. The van der Waals surface area contributed by atoms with Crippen molar-refractivity contribution in [3.05, 3.63) is 84.7 Å². The van der Waals surface area contributed by atoms with Crippen molar-refractivity contribution in [2.45, 2.75) is 12.5 Å². The van der Waals surface area contributed by atoms with Crippen LogP contribution in [0.15, 0.2) is 79.1 Å². The molecule has 0 bridgehead atoms. The topological polar surface area (TPSA) is 59.9 Å². The maximum absolute atomic E-state index is 6.04. The van der Waals surface area contributed by atoms with Gasteiger partial charge in [0.2, 0.25) is 0 Å². The van der Waals surface area contributed by atoms with E-state index in [0.29, 0.717) is 11.7 Å². The van der Waals surface area contributed by atoms with Gasteiger partial charge in [-0.25, -0.2) is 9.97 Å². The standard InChI is InChI=1S/C24H22N4O/c1-2-7-17(8-3-1)22-18(12-14-29-22)16-26-24-20-10-4-5-11-21(20)27-23(28-24)19-9-6-13-25-15-19/h1-11,13,15,18,22H,12,14,16H2,(H,26,27,28). The van der Waals surface area contributed by atoms with Gasteiger partial charge in [-0.2, -0.15) is 0 Å². The Hall–Kier alpha value is -3.31. The Morgan fingerprint density at radius 1 is 0.931 bits per heavy atom. The molecule has 5 nitrogen and oxygen atoms in total. The zero-order chi connectivity index (χ0) is 19.5. The van der Waals surface area contributed by atoms with Gasteiger partial charge in [-0.05, 0) is 36.2 Å². The zero-order valence-corrected chi connectivity index (χ0v) is 16.0. The highest BCUT2D eigenvalue weighted by molar-refractivity contribution is 5.90. The fourth-order valence-corrected chi connectivity index (χ4v) is 3.92. The first-order chi connectivity index (χ1) is 14.4. The van der Waals surface area contributed by atoms with Crippen molar-refractivity contribution in [1.29, 1.82) is 0 Å². The third-order valence-corrected chi connectivity index (χ3v) is 5.40. The molecule has 1 aliphatic rings. The maximum atomic E-state index is 6.04. The molecular formula is C24H22N4O. The van der Waals surface area contributed by atoms with E-state index in [1.807, 2.05) is 36.4 Å². The Morgan fingerprint density at radius 3 is 2.66 bits per heavy atom. The van der Waals surface area contributed by atoms with Gasteiger partial charge in [0.15, 0.2) is 5.82 Å². The monoisotopic (exact) mass is 382 g/mol. The van der Waals surface area contributed by atoms with E-state index in [1.165, 1.54) is 5.56 Å². The fourth-order valence-electron chi connectivity index (χ4n) is 3.92. The molecule has 0 radical (unpaired) electrons. The van der Waals surface area contributed by atoms with Crippen molar-refractivity contribution in [1.82, 2.24) is 15.0 Å². The minimum Gasteiger partial charge on any atom is -0.373 e. The number of hydrogen-bond acceptors (Lipinski definition) is 5. The molecule has 5 rings (SSSR count). The van der Waals surface area contributed by atoms with E-state index in [-0.39, 0.29) is 6.10 Å². The molecule has 1 fully saturated rings. The number of anilines is 1. The van der Waals surface area contributed by atoms with E-state index in [1.54, 1.807) is 12.4 Å². The van der Waals surface area contributed by atoms with Crippen molar-refractivity contribution in [3.8, 4) is 11.4 Å². The minimum atomic E-state index is 0.120. The lowest BCUT2D eigenvalue weighted by Gasteiger charge is -2.20. The summed E-state index contributed by atoms with van der Waals surface area (Å²) >= 11 is 0. The van der Waals surface area contributed by atoms with Gasteiger partial charge in [0, 0.05) is 42.4 Å². The molecule has 5 heteroatoms. The molecule has 1 saturated heterocycles. The molecule has 2 atom stereocenters. The molecule has 1 N–H and O–H groups in total. The Kier molecular flexibility index (Phi) is 4.88. The summed E-state index contributed by atoms with van der Waals surface area (Å²) in [5, 5.41) is 4.61. The lowest BCUT2D eigenvalue weighted by Crippen LogP contribution is -2.18. The number of aromatic nitrogens is 3. The van der Waals surface area contributed by atoms with Crippen LogP contribution in [0, 0.1) is 5.92 Å². The number of rotatable bonds is 5. The number of para-hydroxylation sites is 1. The smallest absolute Gasteiger partial charge is 0.163 e. The minimum absolute atomic E-state index is 0.120. The molecule has 2 aromatic heterocycles. The average molecular weight is 382 g/mol. The number of ether oxygens (including phenoxy) is 1. The lowest BCUT2D eigenvalue weighted by atomic mass is 9.95. The van der Waals surface area contributed by atoms with Crippen LogP contribution in [0.3, 0.4) is 0 Å². The molecule has 4 aromatic rings. The second-order valence-corrected chi connectivity index (χ2v) is 7.29. The van der Waals surface area contributed by atoms with E-state index >= 15 is 0 Å². The molecule has 2 aromatic carbocycles. The van der Waals surface area contributed by atoms with Gasteiger partial charge in [0.1, 0.15) is 5.82 Å². The number of nitrogens with zero attached hydrogens (tertiary/aromatic N) is 3. The van der Waals surface area contributed by atoms with E-state index < -0.39 is 0 Å². The predicted molar refractivity (Wildman–Crippen MR) is 115 cm³/mol. The highest BCUT2D eigenvalue weighted by Gasteiger charge is 2.29. The first-order valence-corrected chi connectivity index (χ1v) is 9.96. The highest BCUT2D eigenvalue weighted by atomic mass is 16.5. The van der Waals surface area contributed by atoms with Crippen LogP contribution in [0.25, 0.3) is 22.3 Å². The molecule has 0 amide bonds. The van der Waals surface area contributed by atoms with Gasteiger partial charge in [-0.15, -0.1) is 0 Å². The quantitative estimate of drug-likeness (QED) is 0.533.